The van der Waals surface area contributed by atoms with Crippen LogP contribution in [0.15, 0.2) is 91.2 Å². The molecular formula is C33H44N2O4. The summed E-state index contributed by atoms with van der Waals surface area (Å²) in [4.78, 5) is 36.1. The van der Waals surface area contributed by atoms with Gasteiger partial charge in [-0.15, -0.1) is 0 Å². The minimum absolute atomic E-state index is 0.259. The monoisotopic (exact) mass is 532 g/mol. The van der Waals surface area contributed by atoms with Crippen molar-refractivity contribution in [1.82, 2.24) is 4.98 Å². The Morgan fingerprint density at radius 3 is 2.15 bits per heavy atom. The lowest BCUT2D eigenvalue weighted by Crippen LogP contribution is -2.34. The van der Waals surface area contributed by atoms with Crippen molar-refractivity contribution in [2.75, 3.05) is 0 Å². The highest BCUT2D eigenvalue weighted by molar-refractivity contribution is 5.85. The van der Waals surface area contributed by atoms with Crippen LogP contribution in [0.2, 0.25) is 0 Å². The third kappa shape index (κ3) is 14.2. The number of carbonyl (C=O) groups excluding carboxylic acids is 2. The van der Waals surface area contributed by atoms with E-state index in [1.807, 2.05) is 48.6 Å². The molecule has 1 atom stereocenters. The van der Waals surface area contributed by atoms with Gasteiger partial charge in [-0.3, -0.25) is 0 Å². The van der Waals surface area contributed by atoms with E-state index in [0.29, 0.717) is 0 Å². The number of carbonyl (C=O) groups is 2. The molecule has 0 saturated carbocycles. The van der Waals surface area contributed by atoms with Crippen LogP contribution in [-0.4, -0.2) is 23.0 Å². The molecule has 2 aromatic rings. The maximum absolute atomic E-state index is 12.1. The fourth-order valence-corrected chi connectivity index (χ4v) is 4.06. The number of nitrogens with one attached hydrogen (secondary N) is 1. The smallest absolute Gasteiger partial charge is 0.361 e. The number of aromatic amines is 1. The fourth-order valence-electron chi connectivity index (χ4n) is 4.06. The van der Waals surface area contributed by atoms with Gasteiger partial charge in [-0.2, -0.15) is 0 Å². The third-order valence-corrected chi connectivity index (χ3v) is 6.24. The second-order valence-electron chi connectivity index (χ2n) is 9.53. The van der Waals surface area contributed by atoms with Gasteiger partial charge in [-0.05, 0) is 24.5 Å². The molecule has 1 unspecified atom stereocenters. The Balaban J connectivity index is 1.51. The summed E-state index contributed by atoms with van der Waals surface area (Å²) >= 11 is 0. The molecule has 6 heteroatoms. The molecule has 0 aliphatic heterocycles. The van der Waals surface area contributed by atoms with Gasteiger partial charge in [0.15, 0.2) is 0 Å². The first-order chi connectivity index (χ1) is 19.1. The molecule has 0 amide bonds. The molecule has 2 rings (SSSR count). The lowest BCUT2D eigenvalue weighted by molar-refractivity contribution is -0.255. The van der Waals surface area contributed by atoms with E-state index in [-0.39, 0.29) is 6.42 Å². The molecule has 0 radical (unpaired) electrons. The van der Waals surface area contributed by atoms with Crippen molar-refractivity contribution < 1.29 is 19.4 Å². The van der Waals surface area contributed by atoms with E-state index in [4.69, 9.17) is 5.73 Å². The van der Waals surface area contributed by atoms with Gasteiger partial charge in [0.2, 0.25) is 0 Å². The fraction of sp³-hybridized carbons (Fsp3) is 0.394. The van der Waals surface area contributed by atoms with E-state index >= 15 is 0 Å². The van der Waals surface area contributed by atoms with Gasteiger partial charge in [-0.25, -0.2) is 19.4 Å². The number of fused-ring (bicyclic) bond motifs is 1. The standard InChI is InChI=1S/C33H44N2O4/c1-2-3-4-5-6-7-8-9-10-11-12-13-14-15-16-17-18-19-20-25-32(36)38-39-33(37)30(34)26-28-27-35-31-24-22-21-23-29(28)31/h12-25,27,30,35H,2-11,26,34H2,1H3/b13-12+,15-14+,17-16+,19-18+,25-20+. The molecule has 0 bridgehead atoms. The molecule has 6 nitrogen and oxygen atoms in total. The summed E-state index contributed by atoms with van der Waals surface area (Å²) < 4.78 is 0. The SMILES string of the molecule is CCCCCCCCCCC/C=C/C=C/C=C/C=C/C=C/C(=O)OOC(=O)C(N)Cc1c[nH]c2ccccc12. The number of rotatable bonds is 18. The zero-order valence-corrected chi connectivity index (χ0v) is 23.2. The number of allylic oxidation sites excluding steroid dienone is 9. The molecule has 1 heterocycles. The highest BCUT2D eigenvalue weighted by Crippen LogP contribution is 2.19. The number of H-pyrrole nitrogens is 1. The largest absolute Gasteiger partial charge is 0.379 e. The summed E-state index contributed by atoms with van der Waals surface area (Å²) in [6.07, 6.45) is 33.4. The van der Waals surface area contributed by atoms with Crippen molar-refractivity contribution in [3.8, 4) is 0 Å². The van der Waals surface area contributed by atoms with Gasteiger partial charge < -0.3 is 10.7 Å². The molecule has 0 fully saturated rings. The van der Waals surface area contributed by atoms with Gasteiger partial charge in [0.1, 0.15) is 6.04 Å². The van der Waals surface area contributed by atoms with Gasteiger partial charge >= 0.3 is 11.9 Å². The van der Waals surface area contributed by atoms with Crippen LogP contribution in [0.3, 0.4) is 0 Å². The summed E-state index contributed by atoms with van der Waals surface area (Å²) in [6.45, 7) is 2.26. The highest BCUT2D eigenvalue weighted by Gasteiger charge is 2.20. The summed E-state index contributed by atoms with van der Waals surface area (Å²) in [6, 6.07) is 6.76. The zero-order chi connectivity index (χ0) is 28.0. The minimum Gasteiger partial charge on any atom is -0.361 e. The van der Waals surface area contributed by atoms with Crippen LogP contribution in [0.5, 0.6) is 0 Å². The molecule has 0 spiro atoms. The molecule has 0 aliphatic carbocycles. The predicted octanol–water partition coefficient (Wildman–Crippen LogP) is 7.74. The first kappa shape index (κ1) is 31.6. The van der Waals surface area contributed by atoms with Crippen LogP contribution in [0.4, 0.5) is 0 Å². The molecule has 1 aromatic carbocycles. The van der Waals surface area contributed by atoms with Crippen molar-refractivity contribution in [3.63, 3.8) is 0 Å². The minimum atomic E-state index is -0.955. The summed E-state index contributed by atoms with van der Waals surface area (Å²) in [5.74, 6) is -1.61. The highest BCUT2D eigenvalue weighted by atomic mass is 17.2. The lowest BCUT2D eigenvalue weighted by Gasteiger charge is -2.08. The molecule has 39 heavy (non-hydrogen) atoms. The Morgan fingerprint density at radius 2 is 1.44 bits per heavy atom. The van der Waals surface area contributed by atoms with E-state index in [2.05, 4.69) is 33.8 Å². The molecule has 210 valence electrons. The Bertz CT molecular complexity index is 1120. The van der Waals surface area contributed by atoms with Crippen molar-refractivity contribution in [2.45, 2.75) is 83.6 Å². The normalized spacial score (nSPS) is 13.1. The van der Waals surface area contributed by atoms with Crippen LogP contribution in [0.25, 0.3) is 10.9 Å². The van der Waals surface area contributed by atoms with Crippen molar-refractivity contribution >= 4 is 22.8 Å². The van der Waals surface area contributed by atoms with Crippen LogP contribution in [0, 0.1) is 0 Å². The van der Waals surface area contributed by atoms with Crippen LogP contribution >= 0.6 is 0 Å². The van der Waals surface area contributed by atoms with Gasteiger partial charge in [0.05, 0.1) is 0 Å². The molecule has 0 saturated heterocycles. The average Bonchev–Trinajstić information content (AvgIpc) is 3.35. The van der Waals surface area contributed by atoms with Crippen LogP contribution in [0.1, 0.15) is 76.7 Å². The zero-order valence-electron chi connectivity index (χ0n) is 23.2. The first-order valence-corrected chi connectivity index (χ1v) is 14.2. The maximum atomic E-state index is 12.1. The molecule has 0 aliphatic rings. The predicted molar refractivity (Wildman–Crippen MR) is 160 cm³/mol. The van der Waals surface area contributed by atoms with Crippen molar-refractivity contribution in [3.05, 3.63) is 96.8 Å². The van der Waals surface area contributed by atoms with Gasteiger partial charge in [0, 0.05) is 29.6 Å². The Labute approximate surface area is 233 Å². The molecular weight excluding hydrogens is 488 g/mol. The number of hydrogen-bond donors (Lipinski definition) is 2. The third-order valence-electron chi connectivity index (χ3n) is 6.24. The van der Waals surface area contributed by atoms with Crippen LogP contribution in [-0.2, 0) is 25.8 Å². The lowest BCUT2D eigenvalue weighted by atomic mass is 10.1. The van der Waals surface area contributed by atoms with E-state index < -0.39 is 18.0 Å². The topological polar surface area (TPSA) is 94.4 Å². The number of nitrogens with two attached hydrogens (primary N) is 1. The number of aromatic nitrogens is 1. The quantitative estimate of drug-likeness (QED) is 0.0673. The van der Waals surface area contributed by atoms with Gasteiger partial charge in [-0.1, -0.05) is 131 Å². The van der Waals surface area contributed by atoms with E-state index in [1.165, 1.54) is 63.9 Å². The van der Waals surface area contributed by atoms with E-state index in [0.717, 1.165) is 29.0 Å². The Kier molecular flexibility index (Phi) is 16.5. The number of unbranched alkanes of at least 4 members (excludes halogenated alkanes) is 9. The van der Waals surface area contributed by atoms with Crippen molar-refractivity contribution in [1.29, 1.82) is 0 Å². The average molecular weight is 533 g/mol. The number of benzene rings is 1. The second kappa shape index (κ2) is 20.3. The van der Waals surface area contributed by atoms with Gasteiger partial charge in [0.25, 0.3) is 0 Å². The van der Waals surface area contributed by atoms with Crippen LogP contribution < -0.4 is 5.73 Å². The Hall–Kier alpha value is -3.64. The molecule has 1 aromatic heterocycles. The van der Waals surface area contributed by atoms with Crippen molar-refractivity contribution in [2.24, 2.45) is 5.73 Å². The summed E-state index contributed by atoms with van der Waals surface area (Å²) in [7, 11) is 0. The first-order valence-electron chi connectivity index (χ1n) is 14.2. The van der Waals surface area contributed by atoms with E-state index in [9.17, 15) is 9.59 Å². The summed E-state index contributed by atoms with van der Waals surface area (Å²) in [5, 5.41) is 0.984. The van der Waals surface area contributed by atoms with E-state index in [1.54, 1.807) is 18.3 Å². The summed E-state index contributed by atoms with van der Waals surface area (Å²) in [5.41, 5.74) is 7.76. The maximum Gasteiger partial charge on any atom is 0.379 e. The number of para-hydroxylation sites is 1. The molecule has 3 N–H and O–H groups in total. The second-order valence-corrected chi connectivity index (χ2v) is 9.53. The Morgan fingerprint density at radius 1 is 0.821 bits per heavy atom. The number of hydrogen-bond acceptors (Lipinski definition) is 5.